The number of carbonyl (C=O) groups is 3. The quantitative estimate of drug-likeness (QED) is 0.341. The van der Waals surface area contributed by atoms with Gasteiger partial charge in [0.05, 0.1) is 6.54 Å². The minimum atomic E-state index is -1.18. The number of benzene rings is 1. The summed E-state index contributed by atoms with van der Waals surface area (Å²) in [5.74, 6) is -0.395. The zero-order valence-electron chi connectivity index (χ0n) is 16.7. The Kier molecular flexibility index (Phi) is 7.69. The Morgan fingerprint density at radius 3 is 2.55 bits per heavy atom. The summed E-state index contributed by atoms with van der Waals surface area (Å²) in [4.78, 5) is 38.6. The van der Waals surface area contributed by atoms with Crippen LogP contribution in [0.3, 0.4) is 0 Å². The molecule has 0 bridgehead atoms. The van der Waals surface area contributed by atoms with Gasteiger partial charge in [-0.1, -0.05) is 25.3 Å². The molecule has 3 rings (SSSR count). The summed E-state index contributed by atoms with van der Waals surface area (Å²) in [7, 11) is 0. The summed E-state index contributed by atoms with van der Waals surface area (Å²) in [6.45, 7) is 0.999. The molecule has 2 aliphatic rings. The average molecular weight is 420 g/mol. The first-order valence-electron chi connectivity index (χ1n) is 10.4. The average Bonchev–Trinajstić information content (AvgIpc) is 3.04. The summed E-state index contributed by atoms with van der Waals surface area (Å²) in [6, 6.07) is 4.64. The molecule has 1 saturated heterocycles. The van der Waals surface area contributed by atoms with Gasteiger partial charge in [0.25, 0.3) is 5.91 Å². The van der Waals surface area contributed by atoms with Crippen molar-refractivity contribution in [2.45, 2.75) is 68.8 Å². The molecule has 158 valence electrons. The molecule has 2 aliphatic heterocycles. The van der Waals surface area contributed by atoms with Gasteiger partial charge in [-0.15, -0.1) is 0 Å². The van der Waals surface area contributed by atoms with Gasteiger partial charge in [0.1, 0.15) is 11.8 Å². The highest BCUT2D eigenvalue weighted by atomic mass is 32.2. The molecule has 0 spiro atoms. The normalized spacial score (nSPS) is 20.0. The van der Waals surface area contributed by atoms with Crippen LogP contribution >= 0.6 is 0 Å². The molecular weight excluding hydrogens is 390 g/mol. The van der Waals surface area contributed by atoms with Crippen molar-refractivity contribution in [1.29, 1.82) is 0 Å². The summed E-state index contributed by atoms with van der Waals surface area (Å²) in [5, 5.41) is 2.30. The lowest BCUT2D eigenvalue weighted by Gasteiger charge is -2.29. The maximum atomic E-state index is 12.9. The molecule has 0 saturated carbocycles. The van der Waals surface area contributed by atoms with Gasteiger partial charge in [-0.25, -0.2) is 0 Å². The largest absolute Gasteiger partial charge is 0.611 e. The monoisotopic (exact) mass is 419 g/mol. The number of piperidine rings is 1. The van der Waals surface area contributed by atoms with Crippen LogP contribution in [0.25, 0.3) is 0 Å². The van der Waals surface area contributed by atoms with Crippen LogP contribution in [0.15, 0.2) is 23.1 Å². The molecule has 29 heavy (non-hydrogen) atoms. The third-order valence-corrected chi connectivity index (χ3v) is 7.10. The van der Waals surface area contributed by atoms with E-state index in [1.165, 1.54) is 4.90 Å². The molecule has 3 amide bonds. The first kappa shape index (κ1) is 21.8. The Balaban J connectivity index is 1.60. The number of nitrogens with two attached hydrogens (primary N) is 1. The Hall–Kier alpha value is -1.90. The fourth-order valence-corrected chi connectivity index (χ4v) is 5.33. The third kappa shape index (κ3) is 5.18. The molecule has 3 N–H and O–H groups in total. The minimum Gasteiger partial charge on any atom is -0.611 e. The van der Waals surface area contributed by atoms with E-state index in [2.05, 4.69) is 5.32 Å². The minimum absolute atomic E-state index is 0.223. The Labute approximate surface area is 174 Å². The van der Waals surface area contributed by atoms with E-state index in [0.29, 0.717) is 22.6 Å². The summed E-state index contributed by atoms with van der Waals surface area (Å²) in [5.41, 5.74) is 6.76. The van der Waals surface area contributed by atoms with Crippen LogP contribution in [0.5, 0.6) is 0 Å². The van der Waals surface area contributed by atoms with Crippen LogP contribution in [0.4, 0.5) is 0 Å². The number of rotatable bonds is 10. The van der Waals surface area contributed by atoms with Gasteiger partial charge in [0.15, 0.2) is 4.90 Å². The van der Waals surface area contributed by atoms with Gasteiger partial charge in [-0.2, -0.15) is 0 Å². The van der Waals surface area contributed by atoms with Crippen LogP contribution in [0.2, 0.25) is 0 Å². The van der Waals surface area contributed by atoms with E-state index in [1.807, 2.05) is 6.07 Å². The fourth-order valence-electron chi connectivity index (χ4n) is 3.97. The standard InChI is InChI=1S/C21H29N3O4S/c22-12-5-3-1-2-4-6-13-29(28)18-9-7-8-15-16(18)14-24(21(15)27)17-10-11-19(25)23-20(17)26/h7-9,17H,1-6,10-14,22H2,(H,23,25,26). The predicted molar refractivity (Wildman–Crippen MR) is 111 cm³/mol. The number of hydrogen-bond acceptors (Lipinski definition) is 5. The number of nitrogens with one attached hydrogen (secondary N) is 1. The molecule has 2 heterocycles. The zero-order valence-corrected chi connectivity index (χ0v) is 17.5. The molecule has 0 aromatic heterocycles. The highest BCUT2D eigenvalue weighted by Crippen LogP contribution is 2.32. The van der Waals surface area contributed by atoms with Crippen LogP contribution < -0.4 is 11.1 Å². The Morgan fingerprint density at radius 1 is 1.10 bits per heavy atom. The maximum absolute atomic E-state index is 12.9. The lowest BCUT2D eigenvalue weighted by atomic mass is 10.0. The zero-order chi connectivity index (χ0) is 20.8. The molecule has 2 unspecified atom stereocenters. The van der Waals surface area contributed by atoms with E-state index >= 15 is 0 Å². The number of nitrogens with zero attached hydrogens (tertiary/aromatic N) is 1. The van der Waals surface area contributed by atoms with Gasteiger partial charge in [-0.05, 0) is 55.5 Å². The van der Waals surface area contributed by atoms with Crippen molar-refractivity contribution in [1.82, 2.24) is 10.2 Å². The first-order chi connectivity index (χ1) is 14.0. The van der Waals surface area contributed by atoms with Crippen molar-refractivity contribution in [3.8, 4) is 0 Å². The van der Waals surface area contributed by atoms with E-state index in [1.54, 1.807) is 12.1 Å². The van der Waals surface area contributed by atoms with Crippen molar-refractivity contribution in [3.63, 3.8) is 0 Å². The molecule has 2 atom stereocenters. The number of unbranched alkanes of at least 4 members (excludes halogenated alkanes) is 5. The van der Waals surface area contributed by atoms with Crippen molar-refractivity contribution in [2.75, 3.05) is 12.3 Å². The molecule has 1 aromatic rings. The smallest absolute Gasteiger partial charge is 0.255 e. The molecule has 8 heteroatoms. The highest BCUT2D eigenvalue weighted by molar-refractivity contribution is 7.91. The van der Waals surface area contributed by atoms with Crippen LogP contribution in [-0.2, 0) is 27.3 Å². The Bertz CT molecular complexity index is 770. The van der Waals surface area contributed by atoms with Gasteiger partial charge in [0, 0.05) is 17.5 Å². The van der Waals surface area contributed by atoms with Gasteiger partial charge < -0.3 is 15.2 Å². The van der Waals surface area contributed by atoms with Crippen molar-refractivity contribution in [2.24, 2.45) is 5.73 Å². The van der Waals surface area contributed by atoms with Crippen molar-refractivity contribution in [3.05, 3.63) is 29.3 Å². The fraction of sp³-hybridized carbons (Fsp3) is 0.571. The van der Waals surface area contributed by atoms with Crippen LogP contribution in [0, 0.1) is 0 Å². The summed E-state index contributed by atoms with van der Waals surface area (Å²) in [6.07, 6.45) is 6.93. The SMILES string of the molecule is NCCCCCCCC[S+]([O-])c1cccc2c1CN(C1CCC(=O)NC1=O)C2=O. The molecule has 1 aromatic carbocycles. The van der Waals surface area contributed by atoms with Crippen LogP contribution in [0.1, 0.15) is 67.3 Å². The number of hydrogen-bond donors (Lipinski definition) is 2. The van der Waals surface area contributed by atoms with E-state index in [0.717, 1.165) is 50.6 Å². The summed E-state index contributed by atoms with van der Waals surface area (Å²) >= 11 is -1.18. The number of fused-ring (bicyclic) bond motifs is 1. The molecular formula is C21H29N3O4S. The molecule has 0 aliphatic carbocycles. The van der Waals surface area contributed by atoms with Crippen LogP contribution in [-0.4, -0.2) is 45.5 Å². The third-order valence-electron chi connectivity index (χ3n) is 5.57. The van der Waals surface area contributed by atoms with E-state index in [4.69, 9.17) is 5.73 Å². The Morgan fingerprint density at radius 2 is 1.83 bits per heavy atom. The lowest BCUT2D eigenvalue weighted by molar-refractivity contribution is -0.136. The first-order valence-corrected chi connectivity index (χ1v) is 11.7. The molecule has 1 fully saturated rings. The van der Waals surface area contributed by atoms with Gasteiger partial charge in [0.2, 0.25) is 11.8 Å². The summed E-state index contributed by atoms with van der Waals surface area (Å²) < 4.78 is 12.9. The second kappa shape index (κ2) is 10.2. The van der Waals surface area contributed by atoms with E-state index in [-0.39, 0.29) is 24.8 Å². The van der Waals surface area contributed by atoms with Crippen molar-refractivity contribution < 1.29 is 18.9 Å². The predicted octanol–water partition coefficient (Wildman–Crippen LogP) is 1.85. The van der Waals surface area contributed by atoms with E-state index < -0.39 is 23.1 Å². The second-order valence-electron chi connectivity index (χ2n) is 7.64. The second-order valence-corrected chi connectivity index (χ2v) is 9.18. The van der Waals surface area contributed by atoms with Gasteiger partial charge in [-0.3, -0.25) is 19.7 Å². The number of amides is 3. The highest BCUT2D eigenvalue weighted by Gasteiger charge is 2.41. The van der Waals surface area contributed by atoms with Crippen molar-refractivity contribution >= 4 is 28.9 Å². The topological polar surface area (TPSA) is 116 Å². The molecule has 0 radical (unpaired) electrons. The maximum Gasteiger partial charge on any atom is 0.255 e. The molecule has 7 nitrogen and oxygen atoms in total. The number of imide groups is 1. The lowest BCUT2D eigenvalue weighted by Crippen LogP contribution is -2.52. The number of carbonyl (C=O) groups excluding carboxylic acids is 3. The van der Waals surface area contributed by atoms with Gasteiger partial charge >= 0.3 is 0 Å². The van der Waals surface area contributed by atoms with E-state index in [9.17, 15) is 18.9 Å².